The second kappa shape index (κ2) is 4.27. The van der Waals surface area contributed by atoms with Gasteiger partial charge in [-0.05, 0) is 12.1 Å². The molecule has 0 radical (unpaired) electrons. The van der Waals surface area contributed by atoms with Gasteiger partial charge < -0.3 is 8.60 Å². The maximum Gasteiger partial charge on any atom is 0.534 e. The van der Waals surface area contributed by atoms with E-state index in [1.54, 1.807) is 0 Å². The summed E-state index contributed by atoms with van der Waals surface area (Å²) in [7, 11) is -5.86. The molecule has 0 fully saturated rings. The number of halogens is 5. The van der Waals surface area contributed by atoms with Gasteiger partial charge in [0.05, 0.1) is 10.4 Å². The van der Waals surface area contributed by atoms with Gasteiger partial charge in [-0.2, -0.15) is 21.6 Å². The van der Waals surface area contributed by atoms with Gasteiger partial charge in [-0.25, -0.2) is 4.39 Å². The van der Waals surface area contributed by atoms with Crippen molar-refractivity contribution in [2.45, 2.75) is 5.51 Å². The van der Waals surface area contributed by atoms with Crippen molar-refractivity contribution in [2.75, 3.05) is 0 Å². The first-order valence-corrected chi connectivity index (χ1v) is 6.27. The standard InChI is InChI=1S/C9H3ClF4O4S/c10-6-2-4(11)1-5-7(3-17-8(5)6)18-19(15,16)9(12,13)14/h1-3H. The summed E-state index contributed by atoms with van der Waals surface area (Å²) in [4.78, 5) is 0. The van der Waals surface area contributed by atoms with E-state index >= 15 is 0 Å². The maximum atomic E-state index is 13.1. The zero-order valence-electron chi connectivity index (χ0n) is 8.66. The van der Waals surface area contributed by atoms with Crippen molar-refractivity contribution >= 4 is 32.7 Å². The maximum absolute atomic E-state index is 13.1. The van der Waals surface area contributed by atoms with Crippen molar-refractivity contribution in [3.8, 4) is 5.75 Å². The van der Waals surface area contributed by atoms with Crippen LogP contribution in [-0.4, -0.2) is 13.9 Å². The Morgan fingerprint density at radius 2 is 1.89 bits per heavy atom. The Bertz CT molecular complexity index is 734. The number of fused-ring (bicyclic) bond motifs is 1. The SMILES string of the molecule is O=S(=O)(Oc1coc2c(Cl)cc(F)cc12)C(F)(F)F. The highest BCUT2D eigenvalue weighted by atomic mass is 35.5. The number of benzene rings is 1. The van der Waals surface area contributed by atoms with Crippen molar-refractivity contribution in [3.63, 3.8) is 0 Å². The third kappa shape index (κ3) is 2.47. The lowest BCUT2D eigenvalue weighted by molar-refractivity contribution is -0.0499. The van der Waals surface area contributed by atoms with Crippen LogP contribution in [0.25, 0.3) is 11.0 Å². The van der Waals surface area contributed by atoms with Crippen LogP contribution in [0, 0.1) is 5.82 Å². The normalized spacial score (nSPS) is 12.9. The molecule has 0 atom stereocenters. The average Bonchev–Trinajstić information content (AvgIpc) is 2.59. The van der Waals surface area contributed by atoms with E-state index in [2.05, 4.69) is 4.18 Å². The molecule has 2 rings (SSSR count). The molecule has 0 spiro atoms. The minimum atomic E-state index is -5.86. The van der Waals surface area contributed by atoms with Crippen LogP contribution in [0.2, 0.25) is 5.02 Å². The molecule has 0 saturated heterocycles. The van der Waals surface area contributed by atoms with E-state index in [4.69, 9.17) is 16.0 Å². The van der Waals surface area contributed by atoms with E-state index in [0.29, 0.717) is 6.26 Å². The zero-order valence-corrected chi connectivity index (χ0v) is 10.2. The Morgan fingerprint density at radius 3 is 2.47 bits per heavy atom. The smallest absolute Gasteiger partial charge is 0.459 e. The van der Waals surface area contributed by atoms with Gasteiger partial charge in [-0.3, -0.25) is 0 Å². The van der Waals surface area contributed by atoms with Crippen LogP contribution < -0.4 is 4.18 Å². The molecule has 2 aromatic rings. The van der Waals surface area contributed by atoms with Crippen LogP contribution in [0.4, 0.5) is 17.6 Å². The molecule has 1 heterocycles. The first-order chi connectivity index (χ1) is 8.62. The quantitative estimate of drug-likeness (QED) is 0.483. The van der Waals surface area contributed by atoms with E-state index < -0.39 is 27.2 Å². The highest BCUT2D eigenvalue weighted by Crippen LogP contribution is 2.36. The van der Waals surface area contributed by atoms with E-state index in [1.807, 2.05) is 0 Å². The summed E-state index contributed by atoms with van der Waals surface area (Å²) in [5.74, 6) is -1.68. The van der Waals surface area contributed by atoms with Gasteiger partial charge in [0.1, 0.15) is 12.1 Å². The third-order valence-corrected chi connectivity index (χ3v) is 3.29. The van der Waals surface area contributed by atoms with Gasteiger partial charge in [0, 0.05) is 0 Å². The topological polar surface area (TPSA) is 56.5 Å². The van der Waals surface area contributed by atoms with E-state index in [-0.39, 0.29) is 16.0 Å². The lowest BCUT2D eigenvalue weighted by Crippen LogP contribution is -2.27. The molecule has 0 aliphatic heterocycles. The molecule has 0 aliphatic carbocycles. The summed E-state index contributed by atoms with van der Waals surface area (Å²) in [6, 6.07) is 1.60. The molecule has 0 amide bonds. The number of hydrogen-bond donors (Lipinski definition) is 0. The van der Waals surface area contributed by atoms with Gasteiger partial charge in [0.2, 0.25) is 0 Å². The number of furan rings is 1. The minimum absolute atomic E-state index is 0.185. The molecule has 0 N–H and O–H groups in total. The van der Waals surface area contributed by atoms with Crippen LogP contribution in [-0.2, 0) is 10.1 Å². The third-order valence-electron chi connectivity index (χ3n) is 2.04. The summed E-state index contributed by atoms with van der Waals surface area (Å²) in [5, 5.41) is -0.549. The summed E-state index contributed by atoms with van der Waals surface area (Å²) >= 11 is 5.58. The Balaban J connectivity index is 2.54. The predicted octanol–water partition coefficient (Wildman–Crippen LogP) is 3.45. The van der Waals surface area contributed by atoms with Crippen LogP contribution in [0.1, 0.15) is 0 Å². The van der Waals surface area contributed by atoms with E-state index in [0.717, 1.165) is 12.1 Å². The van der Waals surface area contributed by atoms with Gasteiger partial charge in [0.25, 0.3) is 0 Å². The Hall–Kier alpha value is -1.48. The fraction of sp³-hybridized carbons (Fsp3) is 0.111. The molecule has 0 unspecified atom stereocenters. The Labute approximate surface area is 108 Å². The van der Waals surface area contributed by atoms with Gasteiger partial charge in [0.15, 0.2) is 11.3 Å². The van der Waals surface area contributed by atoms with Crippen molar-refractivity contribution in [1.29, 1.82) is 0 Å². The zero-order chi connectivity index (χ0) is 14.4. The molecular weight excluding hydrogens is 316 g/mol. The lowest BCUT2D eigenvalue weighted by atomic mass is 10.2. The molecule has 1 aromatic heterocycles. The fourth-order valence-electron chi connectivity index (χ4n) is 1.27. The van der Waals surface area contributed by atoms with Crippen LogP contribution in [0.15, 0.2) is 22.8 Å². The monoisotopic (exact) mass is 318 g/mol. The molecule has 0 bridgehead atoms. The molecule has 104 valence electrons. The Kier molecular flexibility index (Phi) is 3.13. The predicted molar refractivity (Wildman–Crippen MR) is 56.8 cm³/mol. The molecular formula is C9H3ClF4O4S. The Morgan fingerprint density at radius 1 is 1.26 bits per heavy atom. The number of alkyl halides is 3. The van der Waals surface area contributed by atoms with Crippen molar-refractivity contribution < 1.29 is 34.6 Å². The van der Waals surface area contributed by atoms with Crippen molar-refractivity contribution in [2.24, 2.45) is 0 Å². The van der Waals surface area contributed by atoms with Gasteiger partial charge in [-0.15, -0.1) is 0 Å². The van der Waals surface area contributed by atoms with E-state index in [1.165, 1.54) is 0 Å². The molecule has 4 nitrogen and oxygen atoms in total. The van der Waals surface area contributed by atoms with Crippen molar-refractivity contribution in [3.05, 3.63) is 29.2 Å². The minimum Gasteiger partial charge on any atom is -0.459 e. The van der Waals surface area contributed by atoms with Crippen LogP contribution >= 0.6 is 11.6 Å². The average molecular weight is 319 g/mol. The summed E-state index contributed by atoms with van der Waals surface area (Å²) < 4.78 is 79.7. The summed E-state index contributed by atoms with van der Waals surface area (Å²) in [6.45, 7) is 0. The van der Waals surface area contributed by atoms with Crippen molar-refractivity contribution in [1.82, 2.24) is 0 Å². The van der Waals surface area contributed by atoms with Crippen LogP contribution in [0.3, 0.4) is 0 Å². The summed E-state index contributed by atoms with van der Waals surface area (Å²) in [5.41, 5.74) is -5.79. The number of hydrogen-bond acceptors (Lipinski definition) is 4. The largest absolute Gasteiger partial charge is 0.534 e. The van der Waals surface area contributed by atoms with Crippen LogP contribution in [0.5, 0.6) is 5.75 Å². The highest BCUT2D eigenvalue weighted by Gasteiger charge is 2.49. The van der Waals surface area contributed by atoms with E-state index in [9.17, 15) is 26.0 Å². The van der Waals surface area contributed by atoms with Gasteiger partial charge in [-0.1, -0.05) is 11.6 Å². The summed E-state index contributed by atoms with van der Waals surface area (Å²) in [6.07, 6.45) is 0.597. The number of rotatable bonds is 2. The molecule has 19 heavy (non-hydrogen) atoms. The molecule has 1 aromatic carbocycles. The highest BCUT2D eigenvalue weighted by molar-refractivity contribution is 7.88. The first kappa shape index (κ1) is 13.9. The molecule has 0 saturated carbocycles. The molecule has 10 heteroatoms. The molecule has 0 aliphatic rings. The fourth-order valence-corrected chi connectivity index (χ4v) is 1.98. The second-order valence-electron chi connectivity index (χ2n) is 3.35. The van der Waals surface area contributed by atoms with Gasteiger partial charge >= 0.3 is 15.6 Å². The lowest BCUT2D eigenvalue weighted by Gasteiger charge is -2.07. The first-order valence-electron chi connectivity index (χ1n) is 4.49. The second-order valence-corrected chi connectivity index (χ2v) is 5.29.